The molecule has 7 nitrogen and oxygen atoms in total. The number of anilines is 1. The second-order valence-electron chi connectivity index (χ2n) is 11.3. The van der Waals surface area contributed by atoms with E-state index < -0.39 is 11.7 Å². The van der Waals surface area contributed by atoms with E-state index in [2.05, 4.69) is 33.7 Å². The molecule has 7 rings (SSSR count). The quantitative estimate of drug-likeness (QED) is 0.290. The van der Waals surface area contributed by atoms with Crippen molar-refractivity contribution in [2.75, 3.05) is 11.9 Å². The van der Waals surface area contributed by atoms with Crippen molar-refractivity contribution in [3.63, 3.8) is 0 Å². The summed E-state index contributed by atoms with van der Waals surface area (Å²) < 4.78 is 46.9. The minimum absolute atomic E-state index is 0.104. The number of furan rings is 1. The molecule has 3 aliphatic carbocycles. The molecule has 0 radical (unpaired) electrons. The molecule has 200 valence electrons. The van der Waals surface area contributed by atoms with Gasteiger partial charge in [-0.15, -0.1) is 0 Å². The van der Waals surface area contributed by atoms with Crippen LogP contribution in [0.2, 0.25) is 0 Å². The number of aryl methyl sites for hydroxylation is 1. The predicted octanol–water partition coefficient (Wildman–Crippen LogP) is 7.09. The van der Waals surface area contributed by atoms with Gasteiger partial charge >= 0.3 is 6.18 Å². The average Bonchev–Trinajstić information content (AvgIpc) is 3.54. The highest BCUT2D eigenvalue weighted by molar-refractivity contribution is 5.85. The van der Waals surface area contributed by atoms with E-state index in [1.54, 1.807) is 12.3 Å². The minimum Gasteiger partial charge on any atom is -0.459 e. The summed E-state index contributed by atoms with van der Waals surface area (Å²) in [5.74, 6) is 1.29. The van der Waals surface area contributed by atoms with Gasteiger partial charge in [-0.1, -0.05) is 0 Å². The normalized spacial score (nSPS) is 23.4. The van der Waals surface area contributed by atoms with E-state index in [0.29, 0.717) is 17.2 Å². The van der Waals surface area contributed by atoms with E-state index in [-0.39, 0.29) is 16.9 Å². The standard InChI is InChI=1S/C28H31F3N6O/c1-17(2)37-16-34-18(3)22(37)24-35-20-6-13-38-23(20)25(36-24)33-15-26-7-10-27(11-8-26,12-9-26)21-5-4-19(14-32-21)28(29,30)31/h4-6,13-14,16-17H,7-12,15H2,1-3H3,(H,33,35,36). The summed E-state index contributed by atoms with van der Waals surface area (Å²) in [6.07, 6.45) is 5.80. The number of aromatic nitrogens is 5. The molecular formula is C28H31F3N6O. The number of rotatable bonds is 6. The van der Waals surface area contributed by atoms with Gasteiger partial charge in [0.1, 0.15) is 11.2 Å². The maximum Gasteiger partial charge on any atom is 0.417 e. The van der Waals surface area contributed by atoms with E-state index in [9.17, 15) is 13.2 Å². The SMILES string of the molecule is Cc1ncn(C(C)C)c1-c1nc(NCC23CCC(c4ccc(C(F)(F)F)cn4)(CC2)CC3)c2occc2n1. The van der Waals surface area contributed by atoms with Crippen LogP contribution in [0.1, 0.15) is 75.4 Å². The number of alkyl halides is 3. The molecule has 0 unspecified atom stereocenters. The number of nitrogens with one attached hydrogen (secondary N) is 1. The number of imidazole rings is 1. The van der Waals surface area contributed by atoms with Gasteiger partial charge in [0.05, 0.1) is 23.8 Å². The van der Waals surface area contributed by atoms with Gasteiger partial charge < -0.3 is 14.3 Å². The van der Waals surface area contributed by atoms with E-state index in [0.717, 1.165) is 73.9 Å². The number of fused-ring (bicyclic) bond motifs is 4. The van der Waals surface area contributed by atoms with Crippen molar-refractivity contribution >= 4 is 16.9 Å². The summed E-state index contributed by atoms with van der Waals surface area (Å²) in [7, 11) is 0. The fourth-order valence-corrected chi connectivity index (χ4v) is 6.27. The summed E-state index contributed by atoms with van der Waals surface area (Å²) in [5, 5.41) is 3.59. The Balaban J connectivity index is 1.22. The van der Waals surface area contributed by atoms with Crippen molar-refractivity contribution in [3.05, 3.63) is 53.9 Å². The van der Waals surface area contributed by atoms with Gasteiger partial charge in [0, 0.05) is 36.0 Å². The molecule has 0 atom stereocenters. The van der Waals surface area contributed by atoms with Crippen LogP contribution < -0.4 is 5.32 Å². The number of pyridine rings is 1. The predicted molar refractivity (Wildman–Crippen MR) is 138 cm³/mol. The van der Waals surface area contributed by atoms with Gasteiger partial charge in [-0.05, 0) is 76.8 Å². The maximum atomic E-state index is 13.0. The Bertz CT molecular complexity index is 1450. The van der Waals surface area contributed by atoms with Crippen molar-refractivity contribution in [1.29, 1.82) is 0 Å². The van der Waals surface area contributed by atoms with E-state index in [1.807, 2.05) is 19.3 Å². The van der Waals surface area contributed by atoms with Crippen molar-refractivity contribution in [2.45, 2.75) is 76.9 Å². The smallest absolute Gasteiger partial charge is 0.417 e. The van der Waals surface area contributed by atoms with Crippen LogP contribution in [0.3, 0.4) is 0 Å². The lowest BCUT2D eigenvalue weighted by Crippen LogP contribution is -2.47. The van der Waals surface area contributed by atoms with Crippen LogP contribution in [0.25, 0.3) is 22.6 Å². The second-order valence-corrected chi connectivity index (χ2v) is 11.3. The first-order chi connectivity index (χ1) is 18.1. The highest BCUT2D eigenvalue weighted by Crippen LogP contribution is 2.57. The minimum atomic E-state index is -4.36. The van der Waals surface area contributed by atoms with Gasteiger partial charge in [0.25, 0.3) is 0 Å². The van der Waals surface area contributed by atoms with Crippen molar-refractivity contribution in [1.82, 2.24) is 24.5 Å². The lowest BCUT2D eigenvalue weighted by atomic mass is 9.52. The van der Waals surface area contributed by atoms with Crippen LogP contribution in [0.15, 0.2) is 41.4 Å². The summed E-state index contributed by atoms with van der Waals surface area (Å²) >= 11 is 0. The first kappa shape index (κ1) is 24.9. The number of nitrogens with zero attached hydrogens (tertiary/aromatic N) is 5. The monoisotopic (exact) mass is 524 g/mol. The van der Waals surface area contributed by atoms with Crippen LogP contribution in [-0.4, -0.2) is 31.0 Å². The van der Waals surface area contributed by atoms with Crippen LogP contribution in [0.5, 0.6) is 0 Å². The maximum absolute atomic E-state index is 13.0. The Morgan fingerprint density at radius 1 is 1.03 bits per heavy atom. The lowest BCUT2D eigenvalue weighted by molar-refractivity contribution is -0.137. The first-order valence-corrected chi connectivity index (χ1v) is 13.2. The zero-order valence-electron chi connectivity index (χ0n) is 21.8. The van der Waals surface area contributed by atoms with Gasteiger partial charge in [-0.2, -0.15) is 13.2 Å². The molecule has 3 fully saturated rings. The molecule has 1 N–H and O–H groups in total. The topological polar surface area (TPSA) is 81.7 Å². The molecule has 3 aliphatic rings. The summed E-state index contributed by atoms with van der Waals surface area (Å²) in [4.78, 5) is 18.4. The number of halogens is 3. The van der Waals surface area contributed by atoms with E-state index in [4.69, 9.17) is 14.4 Å². The second kappa shape index (κ2) is 8.81. The molecule has 2 bridgehead atoms. The van der Waals surface area contributed by atoms with E-state index in [1.165, 1.54) is 6.07 Å². The summed E-state index contributed by atoms with van der Waals surface area (Å²) in [6, 6.07) is 4.82. The Morgan fingerprint density at radius 3 is 2.39 bits per heavy atom. The van der Waals surface area contributed by atoms with Crippen molar-refractivity contribution < 1.29 is 17.6 Å². The molecular weight excluding hydrogens is 493 g/mol. The Hall–Kier alpha value is -3.43. The fraction of sp³-hybridized carbons (Fsp3) is 0.500. The van der Waals surface area contributed by atoms with Crippen molar-refractivity contribution in [3.8, 4) is 11.5 Å². The zero-order valence-corrected chi connectivity index (χ0v) is 21.8. The third-order valence-corrected chi connectivity index (χ3v) is 8.72. The molecule has 0 amide bonds. The fourth-order valence-electron chi connectivity index (χ4n) is 6.27. The van der Waals surface area contributed by atoms with Crippen LogP contribution >= 0.6 is 0 Å². The molecule has 0 spiro atoms. The average molecular weight is 525 g/mol. The molecule has 0 aromatic carbocycles. The molecule has 0 saturated heterocycles. The first-order valence-electron chi connectivity index (χ1n) is 13.2. The molecule has 3 saturated carbocycles. The Labute approximate surface area is 218 Å². The van der Waals surface area contributed by atoms with Crippen LogP contribution in [-0.2, 0) is 11.6 Å². The van der Waals surface area contributed by atoms with Crippen LogP contribution in [0, 0.1) is 12.3 Å². The highest BCUT2D eigenvalue weighted by atomic mass is 19.4. The molecule has 10 heteroatoms. The molecule has 38 heavy (non-hydrogen) atoms. The van der Waals surface area contributed by atoms with Crippen LogP contribution in [0.4, 0.5) is 19.0 Å². The largest absolute Gasteiger partial charge is 0.459 e. The lowest BCUT2D eigenvalue weighted by Gasteiger charge is -2.53. The zero-order chi connectivity index (χ0) is 26.7. The van der Waals surface area contributed by atoms with Gasteiger partial charge in [-0.25, -0.2) is 15.0 Å². The van der Waals surface area contributed by atoms with Gasteiger partial charge in [0.2, 0.25) is 0 Å². The van der Waals surface area contributed by atoms with Gasteiger partial charge in [0.15, 0.2) is 17.2 Å². The Kier molecular flexibility index (Phi) is 5.77. The highest BCUT2D eigenvalue weighted by Gasteiger charge is 2.50. The Morgan fingerprint density at radius 2 is 1.76 bits per heavy atom. The van der Waals surface area contributed by atoms with Gasteiger partial charge in [-0.3, -0.25) is 4.98 Å². The third-order valence-electron chi connectivity index (χ3n) is 8.72. The summed E-state index contributed by atoms with van der Waals surface area (Å²) in [6.45, 7) is 6.92. The number of hydrogen-bond donors (Lipinski definition) is 1. The molecule has 4 aromatic heterocycles. The molecule has 4 aromatic rings. The number of hydrogen-bond acceptors (Lipinski definition) is 6. The third kappa shape index (κ3) is 4.14. The van der Waals surface area contributed by atoms with Crippen molar-refractivity contribution in [2.24, 2.45) is 5.41 Å². The van der Waals surface area contributed by atoms with E-state index >= 15 is 0 Å². The summed E-state index contributed by atoms with van der Waals surface area (Å²) in [5.41, 5.74) is 3.22. The molecule has 4 heterocycles. The molecule has 0 aliphatic heterocycles.